The minimum atomic E-state index is 0.0218. The maximum Gasteiger partial charge on any atom is 0.200 e. The van der Waals surface area contributed by atoms with E-state index in [1.54, 1.807) is 7.11 Å². The van der Waals surface area contributed by atoms with Gasteiger partial charge in [-0.15, -0.1) is 0 Å². The standard InChI is InChI=1S/C19H26N4O2/c1-6-22(7-2)10-11-23-13(3)17-18(24)15-12-14(25-5)8-9-16(15)21(4)19(17)20-23/h8-9,12H,6-7,10-11H2,1-5H3. The van der Waals surface area contributed by atoms with Crippen LogP contribution in [0.15, 0.2) is 23.0 Å². The summed E-state index contributed by atoms with van der Waals surface area (Å²) in [5.41, 5.74) is 2.55. The van der Waals surface area contributed by atoms with Crippen molar-refractivity contribution in [2.75, 3.05) is 26.7 Å². The average molecular weight is 342 g/mol. The van der Waals surface area contributed by atoms with Gasteiger partial charge in [-0.1, -0.05) is 13.8 Å². The summed E-state index contributed by atoms with van der Waals surface area (Å²) in [6.07, 6.45) is 0. The molecule has 0 atom stereocenters. The number of hydrogen-bond acceptors (Lipinski definition) is 4. The molecule has 6 nitrogen and oxygen atoms in total. The Hall–Kier alpha value is -2.34. The number of aryl methyl sites for hydroxylation is 2. The van der Waals surface area contributed by atoms with Gasteiger partial charge in [0.2, 0.25) is 5.43 Å². The summed E-state index contributed by atoms with van der Waals surface area (Å²) >= 11 is 0. The summed E-state index contributed by atoms with van der Waals surface area (Å²) in [5, 5.41) is 6.09. The molecule has 0 aliphatic rings. The van der Waals surface area contributed by atoms with Gasteiger partial charge in [0.1, 0.15) is 5.75 Å². The van der Waals surface area contributed by atoms with Crippen molar-refractivity contribution in [3.05, 3.63) is 34.1 Å². The molecule has 3 rings (SSSR count). The molecule has 0 spiro atoms. The van der Waals surface area contributed by atoms with E-state index < -0.39 is 0 Å². The summed E-state index contributed by atoms with van der Waals surface area (Å²) in [7, 11) is 3.57. The van der Waals surface area contributed by atoms with Crippen LogP contribution in [0.1, 0.15) is 19.5 Å². The molecule has 0 amide bonds. The minimum Gasteiger partial charge on any atom is -0.497 e. The van der Waals surface area contributed by atoms with E-state index in [2.05, 4.69) is 18.7 Å². The molecule has 0 aliphatic heterocycles. The summed E-state index contributed by atoms with van der Waals surface area (Å²) in [5.74, 6) is 0.690. The van der Waals surface area contributed by atoms with Crippen LogP contribution in [0.3, 0.4) is 0 Å². The van der Waals surface area contributed by atoms with Gasteiger partial charge in [-0.2, -0.15) is 5.10 Å². The maximum absolute atomic E-state index is 13.1. The zero-order valence-electron chi connectivity index (χ0n) is 15.7. The van der Waals surface area contributed by atoms with E-state index in [4.69, 9.17) is 9.84 Å². The highest BCUT2D eigenvalue weighted by atomic mass is 16.5. The number of hydrogen-bond donors (Lipinski definition) is 0. The highest BCUT2D eigenvalue weighted by Crippen LogP contribution is 2.23. The van der Waals surface area contributed by atoms with Crippen molar-refractivity contribution in [1.82, 2.24) is 19.2 Å². The molecule has 6 heteroatoms. The number of likely N-dealkylation sites (N-methyl/N-ethyl adjacent to an activating group) is 1. The van der Waals surface area contributed by atoms with Gasteiger partial charge in [0.25, 0.3) is 0 Å². The van der Waals surface area contributed by atoms with Crippen LogP contribution < -0.4 is 10.2 Å². The normalized spacial score (nSPS) is 11.8. The van der Waals surface area contributed by atoms with Crippen LogP contribution in [-0.4, -0.2) is 46.0 Å². The van der Waals surface area contributed by atoms with Gasteiger partial charge in [0.15, 0.2) is 5.65 Å². The predicted molar refractivity (Wildman–Crippen MR) is 102 cm³/mol. The van der Waals surface area contributed by atoms with Crippen molar-refractivity contribution in [1.29, 1.82) is 0 Å². The molecule has 0 fully saturated rings. The first-order chi connectivity index (χ1) is 12.0. The molecule has 0 radical (unpaired) electrons. The van der Waals surface area contributed by atoms with Crippen molar-refractivity contribution in [3.63, 3.8) is 0 Å². The molecule has 134 valence electrons. The van der Waals surface area contributed by atoms with Gasteiger partial charge in [-0.05, 0) is 38.2 Å². The molecule has 2 heterocycles. The monoisotopic (exact) mass is 342 g/mol. The van der Waals surface area contributed by atoms with E-state index in [0.29, 0.717) is 16.5 Å². The minimum absolute atomic E-state index is 0.0218. The van der Waals surface area contributed by atoms with Crippen LogP contribution in [0, 0.1) is 6.92 Å². The fourth-order valence-electron chi connectivity index (χ4n) is 3.39. The number of ether oxygens (including phenoxy) is 1. The molecule has 3 aromatic rings. The molecule has 0 saturated heterocycles. The fourth-order valence-corrected chi connectivity index (χ4v) is 3.39. The Bertz CT molecular complexity index is 967. The Morgan fingerprint density at radius 2 is 1.96 bits per heavy atom. The van der Waals surface area contributed by atoms with E-state index in [0.717, 1.165) is 43.0 Å². The Morgan fingerprint density at radius 3 is 2.60 bits per heavy atom. The third kappa shape index (κ3) is 2.91. The number of aromatic nitrogens is 3. The quantitative estimate of drug-likeness (QED) is 0.691. The molecule has 0 saturated carbocycles. The molecular formula is C19H26N4O2. The number of fused-ring (bicyclic) bond motifs is 2. The van der Waals surface area contributed by atoms with Gasteiger partial charge < -0.3 is 14.2 Å². The lowest BCUT2D eigenvalue weighted by Crippen LogP contribution is -2.27. The van der Waals surface area contributed by atoms with Gasteiger partial charge in [0.05, 0.1) is 29.9 Å². The zero-order chi connectivity index (χ0) is 18.1. The smallest absolute Gasteiger partial charge is 0.200 e. The summed E-state index contributed by atoms with van der Waals surface area (Å²) in [6, 6.07) is 5.60. The van der Waals surface area contributed by atoms with E-state index in [1.165, 1.54) is 0 Å². The highest BCUT2D eigenvalue weighted by Gasteiger charge is 2.17. The Labute approximate surface area is 147 Å². The van der Waals surface area contributed by atoms with Gasteiger partial charge in [0, 0.05) is 19.3 Å². The van der Waals surface area contributed by atoms with Crippen LogP contribution >= 0.6 is 0 Å². The first kappa shape index (κ1) is 17.5. The molecule has 0 unspecified atom stereocenters. The number of rotatable bonds is 6. The van der Waals surface area contributed by atoms with E-state index >= 15 is 0 Å². The molecule has 0 N–H and O–H groups in total. The zero-order valence-corrected chi connectivity index (χ0v) is 15.7. The van der Waals surface area contributed by atoms with Crippen molar-refractivity contribution in [3.8, 4) is 5.75 Å². The lowest BCUT2D eigenvalue weighted by atomic mass is 10.1. The van der Waals surface area contributed by atoms with Crippen LogP contribution in [0.4, 0.5) is 0 Å². The van der Waals surface area contributed by atoms with Crippen LogP contribution in [0.25, 0.3) is 21.9 Å². The van der Waals surface area contributed by atoms with Crippen LogP contribution in [-0.2, 0) is 13.6 Å². The molecule has 25 heavy (non-hydrogen) atoms. The second-order valence-corrected chi connectivity index (χ2v) is 6.31. The third-order valence-electron chi connectivity index (χ3n) is 5.06. The summed E-state index contributed by atoms with van der Waals surface area (Å²) < 4.78 is 9.23. The van der Waals surface area contributed by atoms with Crippen molar-refractivity contribution >= 4 is 21.9 Å². The number of methoxy groups -OCH3 is 1. The van der Waals surface area contributed by atoms with Gasteiger partial charge >= 0.3 is 0 Å². The van der Waals surface area contributed by atoms with E-state index in [9.17, 15) is 4.79 Å². The number of benzene rings is 1. The Balaban J connectivity index is 2.16. The third-order valence-corrected chi connectivity index (χ3v) is 5.06. The Kier molecular flexibility index (Phi) is 4.81. The SMILES string of the molecule is CCN(CC)CCn1nc2c(c1C)c(=O)c1cc(OC)ccc1n2C. The van der Waals surface area contributed by atoms with Crippen molar-refractivity contribution in [2.24, 2.45) is 7.05 Å². The number of nitrogens with zero attached hydrogens (tertiary/aromatic N) is 4. The van der Waals surface area contributed by atoms with E-state index in [-0.39, 0.29) is 5.43 Å². The first-order valence-corrected chi connectivity index (χ1v) is 8.78. The number of pyridine rings is 1. The Morgan fingerprint density at radius 1 is 1.24 bits per heavy atom. The first-order valence-electron chi connectivity index (χ1n) is 8.78. The van der Waals surface area contributed by atoms with Gasteiger partial charge in [-0.25, -0.2) is 0 Å². The lowest BCUT2D eigenvalue weighted by Gasteiger charge is -2.17. The molecular weight excluding hydrogens is 316 g/mol. The molecule has 1 aromatic carbocycles. The fraction of sp³-hybridized carbons (Fsp3) is 0.474. The topological polar surface area (TPSA) is 52.3 Å². The van der Waals surface area contributed by atoms with E-state index in [1.807, 2.05) is 41.4 Å². The largest absolute Gasteiger partial charge is 0.497 e. The second-order valence-electron chi connectivity index (χ2n) is 6.31. The summed E-state index contributed by atoms with van der Waals surface area (Å²) in [4.78, 5) is 15.4. The summed E-state index contributed by atoms with van der Waals surface area (Å²) in [6.45, 7) is 10.0. The molecule has 0 bridgehead atoms. The predicted octanol–water partition coefficient (Wildman–Crippen LogP) is 2.55. The van der Waals surface area contributed by atoms with Crippen molar-refractivity contribution in [2.45, 2.75) is 27.3 Å². The maximum atomic E-state index is 13.1. The van der Waals surface area contributed by atoms with Crippen LogP contribution in [0.5, 0.6) is 5.75 Å². The molecule has 2 aromatic heterocycles. The van der Waals surface area contributed by atoms with Gasteiger partial charge in [-0.3, -0.25) is 9.48 Å². The van der Waals surface area contributed by atoms with Crippen molar-refractivity contribution < 1.29 is 4.74 Å². The second kappa shape index (κ2) is 6.88. The molecule has 0 aliphatic carbocycles. The van der Waals surface area contributed by atoms with Crippen LogP contribution in [0.2, 0.25) is 0 Å². The average Bonchev–Trinajstić information content (AvgIpc) is 2.97. The lowest BCUT2D eigenvalue weighted by molar-refractivity contribution is 0.284. The highest BCUT2D eigenvalue weighted by molar-refractivity contribution is 5.93.